The SMILES string of the molecule is COc1ccccc1CN(CCc1ccc(OC)c(OC)c1)C(=O)c1ccc(Cl)cc1Cl. The number of para-hydroxylation sites is 1. The zero-order valence-corrected chi connectivity index (χ0v) is 19.7. The lowest BCUT2D eigenvalue weighted by atomic mass is 10.1. The van der Waals surface area contributed by atoms with Crippen LogP contribution in [0.1, 0.15) is 21.5 Å². The van der Waals surface area contributed by atoms with Gasteiger partial charge < -0.3 is 19.1 Å². The maximum Gasteiger partial charge on any atom is 0.255 e. The van der Waals surface area contributed by atoms with Gasteiger partial charge in [-0.1, -0.05) is 47.5 Å². The van der Waals surface area contributed by atoms with Crippen LogP contribution in [0.2, 0.25) is 10.0 Å². The van der Waals surface area contributed by atoms with E-state index in [4.69, 9.17) is 37.4 Å². The van der Waals surface area contributed by atoms with E-state index in [-0.39, 0.29) is 5.91 Å². The summed E-state index contributed by atoms with van der Waals surface area (Å²) in [7, 11) is 4.81. The van der Waals surface area contributed by atoms with Gasteiger partial charge in [0.15, 0.2) is 11.5 Å². The normalized spacial score (nSPS) is 10.5. The fraction of sp³-hybridized carbons (Fsp3) is 0.240. The van der Waals surface area contributed by atoms with Crippen molar-refractivity contribution >= 4 is 29.1 Å². The third kappa shape index (κ3) is 5.67. The second-order valence-corrected chi connectivity index (χ2v) is 7.95. The molecule has 3 aromatic rings. The second-order valence-electron chi connectivity index (χ2n) is 7.10. The van der Waals surface area contributed by atoms with Gasteiger partial charge in [0.25, 0.3) is 5.91 Å². The predicted molar refractivity (Wildman–Crippen MR) is 127 cm³/mol. The number of amides is 1. The summed E-state index contributed by atoms with van der Waals surface area (Å²) in [6.07, 6.45) is 0.618. The van der Waals surface area contributed by atoms with Crippen LogP contribution in [0.3, 0.4) is 0 Å². The molecule has 0 N–H and O–H groups in total. The maximum atomic E-state index is 13.4. The van der Waals surface area contributed by atoms with E-state index < -0.39 is 0 Å². The van der Waals surface area contributed by atoms with Crippen LogP contribution in [0.25, 0.3) is 0 Å². The van der Waals surface area contributed by atoms with Crippen LogP contribution in [0.5, 0.6) is 17.2 Å². The number of benzene rings is 3. The van der Waals surface area contributed by atoms with Crippen molar-refractivity contribution < 1.29 is 19.0 Å². The number of carbonyl (C=O) groups is 1. The van der Waals surface area contributed by atoms with Gasteiger partial charge in [-0.25, -0.2) is 0 Å². The van der Waals surface area contributed by atoms with Gasteiger partial charge in [-0.05, 0) is 48.4 Å². The highest BCUT2D eigenvalue weighted by Gasteiger charge is 2.20. The van der Waals surface area contributed by atoms with Gasteiger partial charge in [0.05, 0.1) is 31.9 Å². The average molecular weight is 474 g/mol. The predicted octanol–water partition coefficient (Wildman–Crippen LogP) is 5.90. The fourth-order valence-corrected chi connectivity index (χ4v) is 3.91. The standard InChI is InChI=1S/C25H25Cl2NO4/c1-30-22-7-5-4-6-18(22)16-28(25(29)20-10-9-19(26)15-21(20)27)13-12-17-8-11-23(31-2)24(14-17)32-3/h4-11,14-15H,12-13,16H2,1-3H3. The highest BCUT2D eigenvalue weighted by molar-refractivity contribution is 6.36. The van der Waals surface area contributed by atoms with Crippen molar-refractivity contribution in [1.29, 1.82) is 0 Å². The monoisotopic (exact) mass is 473 g/mol. The number of hydrogen-bond donors (Lipinski definition) is 0. The summed E-state index contributed by atoms with van der Waals surface area (Å²) in [5, 5.41) is 0.798. The minimum atomic E-state index is -0.182. The Labute approximate surface area is 198 Å². The van der Waals surface area contributed by atoms with E-state index in [9.17, 15) is 4.79 Å². The number of hydrogen-bond acceptors (Lipinski definition) is 4. The summed E-state index contributed by atoms with van der Waals surface area (Å²) >= 11 is 12.4. The number of halogens is 2. The lowest BCUT2D eigenvalue weighted by Gasteiger charge is -2.24. The molecular formula is C25H25Cl2NO4. The molecular weight excluding hydrogens is 449 g/mol. The molecule has 0 unspecified atom stereocenters. The van der Waals surface area contributed by atoms with Crippen molar-refractivity contribution in [2.45, 2.75) is 13.0 Å². The number of rotatable bonds is 9. The quantitative estimate of drug-likeness (QED) is 0.387. The number of methoxy groups -OCH3 is 3. The smallest absolute Gasteiger partial charge is 0.255 e. The molecule has 0 atom stereocenters. The van der Waals surface area contributed by atoms with E-state index in [0.717, 1.165) is 16.9 Å². The zero-order valence-electron chi connectivity index (χ0n) is 18.2. The fourth-order valence-electron chi connectivity index (χ4n) is 3.43. The molecule has 3 aromatic carbocycles. The Morgan fingerprint density at radius 3 is 2.25 bits per heavy atom. The summed E-state index contributed by atoms with van der Waals surface area (Å²) in [5.74, 6) is 1.84. The number of ether oxygens (including phenoxy) is 3. The van der Waals surface area contributed by atoms with Crippen molar-refractivity contribution in [3.05, 3.63) is 87.4 Å². The maximum absolute atomic E-state index is 13.4. The molecule has 0 radical (unpaired) electrons. The van der Waals surface area contributed by atoms with Crippen molar-refractivity contribution in [3.63, 3.8) is 0 Å². The van der Waals surface area contributed by atoms with Gasteiger partial charge >= 0.3 is 0 Å². The van der Waals surface area contributed by atoms with Crippen molar-refractivity contribution in [2.75, 3.05) is 27.9 Å². The average Bonchev–Trinajstić information content (AvgIpc) is 2.81. The largest absolute Gasteiger partial charge is 0.496 e. The zero-order chi connectivity index (χ0) is 23.1. The molecule has 0 heterocycles. The van der Waals surface area contributed by atoms with Crippen molar-refractivity contribution in [2.24, 2.45) is 0 Å². The van der Waals surface area contributed by atoms with E-state index in [1.54, 1.807) is 44.4 Å². The van der Waals surface area contributed by atoms with Gasteiger partial charge in [-0.3, -0.25) is 4.79 Å². The van der Waals surface area contributed by atoms with Crippen LogP contribution < -0.4 is 14.2 Å². The molecule has 0 saturated carbocycles. The molecule has 3 rings (SSSR count). The first kappa shape index (κ1) is 23.8. The van der Waals surface area contributed by atoms with E-state index in [1.165, 1.54) is 0 Å². The van der Waals surface area contributed by atoms with Gasteiger partial charge in [0.2, 0.25) is 0 Å². The van der Waals surface area contributed by atoms with Crippen molar-refractivity contribution in [1.82, 2.24) is 4.90 Å². The lowest BCUT2D eigenvalue weighted by molar-refractivity contribution is 0.0744. The number of nitrogens with zero attached hydrogens (tertiary/aromatic N) is 1. The third-order valence-electron chi connectivity index (χ3n) is 5.12. The molecule has 168 valence electrons. The van der Waals surface area contributed by atoms with Gasteiger partial charge in [0.1, 0.15) is 5.75 Å². The molecule has 32 heavy (non-hydrogen) atoms. The van der Waals surface area contributed by atoms with Crippen LogP contribution in [-0.2, 0) is 13.0 Å². The Hall–Kier alpha value is -2.89. The molecule has 1 amide bonds. The van der Waals surface area contributed by atoms with E-state index in [2.05, 4.69) is 0 Å². The van der Waals surface area contributed by atoms with Crippen LogP contribution in [0.15, 0.2) is 60.7 Å². The van der Waals surface area contributed by atoms with Crippen molar-refractivity contribution in [3.8, 4) is 17.2 Å². The van der Waals surface area contributed by atoms with Crippen LogP contribution in [-0.4, -0.2) is 38.7 Å². The molecule has 0 aliphatic rings. The molecule has 0 bridgehead atoms. The third-order valence-corrected chi connectivity index (χ3v) is 5.67. The molecule has 0 aliphatic carbocycles. The first-order chi connectivity index (χ1) is 15.5. The van der Waals surface area contributed by atoms with E-state index in [0.29, 0.717) is 46.6 Å². The van der Waals surface area contributed by atoms with E-state index in [1.807, 2.05) is 42.5 Å². The minimum absolute atomic E-state index is 0.182. The van der Waals surface area contributed by atoms with Crippen LogP contribution >= 0.6 is 23.2 Å². The van der Waals surface area contributed by atoms with Gasteiger partial charge in [-0.2, -0.15) is 0 Å². The summed E-state index contributed by atoms with van der Waals surface area (Å²) in [6, 6.07) is 18.3. The molecule has 7 heteroatoms. The van der Waals surface area contributed by atoms with Gasteiger partial charge in [-0.15, -0.1) is 0 Å². The molecule has 0 spiro atoms. The molecule has 0 aromatic heterocycles. The first-order valence-electron chi connectivity index (χ1n) is 10.0. The van der Waals surface area contributed by atoms with Crippen LogP contribution in [0, 0.1) is 0 Å². The molecule has 0 fully saturated rings. The summed E-state index contributed by atoms with van der Waals surface area (Å²) in [5.41, 5.74) is 2.32. The topological polar surface area (TPSA) is 48.0 Å². The lowest BCUT2D eigenvalue weighted by Crippen LogP contribution is -2.33. The second kappa shape index (κ2) is 11.1. The summed E-state index contributed by atoms with van der Waals surface area (Å²) in [4.78, 5) is 15.2. The van der Waals surface area contributed by atoms with Crippen LogP contribution in [0.4, 0.5) is 0 Å². The summed E-state index contributed by atoms with van der Waals surface area (Å²) in [6.45, 7) is 0.834. The Balaban J connectivity index is 1.88. The highest BCUT2D eigenvalue weighted by Crippen LogP contribution is 2.29. The summed E-state index contributed by atoms with van der Waals surface area (Å²) < 4.78 is 16.2. The highest BCUT2D eigenvalue weighted by atomic mass is 35.5. The molecule has 0 aliphatic heterocycles. The van der Waals surface area contributed by atoms with Gasteiger partial charge in [0, 0.05) is 23.7 Å². The number of carbonyl (C=O) groups excluding carboxylic acids is 1. The Morgan fingerprint density at radius 1 is 0.844 bits per heavy atom. The first-order valence-corrected chi connectivity index (χ1v) is 10.8. The van der Waals surface area contributed by atoms with E-state index >= 15 is 0 Å². The molecule has 5 nitrogen and oxygen atoms in total. The molecule has 0 saturated heterocycles. The minimum Gasteiger partial charge on any atom is -0.496 e. The Morgan fingerprint density at radius 2 is 1.56 bits per heavy atom. The Kier molecular flexibility index (Phi) is 8.26. The Bertz CT molecular complexity index is 1090.